The molecule has 1 saturated heterocycles. The van der Waals surface area contributed by atoms with Crippen molar-refractivity contribution in [3.63, 3.8) is 0 Å². The third-order valence-electron chi connectivity index (χ3n) is 7.28. The molecule has 1 aliphatic heterocycles. The zero-order valence-electron chi connectivity index (χ0n) is 25.5. The Hall–Kier alpha value is -4.88. The molecular formula is C35H32O11S. The number of carbonyl (C=O) groups is 3. The number of benzene rings is 4. The van der Waals surface area contributed by atoms with Crippen LogP contribution in [0, 0.1) is 6.92 Å². The van der Waals surface area contributed by atoms with Crippen molar-refractivity contribution in [2.24, 2.45) is 0 Å². The summed E-state index contributed by atoms with van der Waals surface area (Å²) in [7, 11) is -3.05. The molecule has 1 fully saturated rings. The van der Waals surface area contributed by atoms with E-state index in [0.29, 0.717) is 0 Å². The van der Waals surface area contributed by atoms with E-state index in [-0.39, 0.29) is 21.6 Å². The summed E-state index contributed by atoms with van der Waals surface area (Å²) in [5.41, 5.74) is 1.33. The molecular weight excluding hydrogens is 628 g/mol. The van der Waals surface area contributed by atoms with Crippen LogP contribution in [0.25, 0.3) is 0 Å². The van der Waals surface area contributed by atoms with Crippen LogP contribution in [0.5, 0.6) is 0 Å². The summed E-state index contributed by atoms with van der Waals surface area (Å²) in [6.45, 7) is 1.13. The van der Waals surface area contributed by atoms with Crippen molar-refractivity contribution in [2.45, 2.75) is 42.5 Å². The third-order valence-corrected chi connectivity index (χ3v) is 8.57. The lowest BCUT2D eigenvalue weighted by molar-refractivity contribution is -0.290. The van der Waals surface area contributed by atoms with E-state index in [2.05, 4.69) is 0 Å². The van der Waals surface area contributed by atoms with Crippen LogP contribution in [0.3, 0.4) is 0 Å². The summed E-state index contributed by atoms with van der Waals surface area (Å²) in [6.07, 6.45) is -7.34. The Morgan fingerprint density at radius 2 is 1.04 bits per heavy atom. The summed E-state index contributed by atoms with van der Waals surface area (Å²) in [5, 5.41) is 0. The van der Waals surface area contributed by atoms with E-state index >= 15 is 0 Å². The fourth-order valence-electron chi connectivity index (χ4n) is 4.83. The number of methoxy groups -OCH3 is 1. The van der Waals surface area contributed by atoms with Gasteiger partial charge < -0.3 is 23.7 Å². The second kappa shape index (κ2) is 15.1. The monoisotopic (exact) mass is 660 g/mol. The Labute approximate surface area is 272 Å². The Morgan fingerprint density at radius 1 is 0.617 bits per heavy atom. The zero-order valence-corrected chi connectivity index (χ0v) is 26.3. The fraction of sp³-hybridized carbons (Fsp3) is 0.229. The highest BCUT2D eigenvalue weighted by atomic mass is 32.2. The van der Waals surface area contributed by atoms with Crippen LogP contribution >= 0.6 is 0 Å². The molecule has 5 rings (SSSR count). The van der Waals surface area contributed by atoms with Crippen LogP contribution in [0.4, 0.5) is 0 Å². The first-order valence-corrected chi connectivity index (χ1v) is 16.0. The van der Waals surface area contributed by atoms with Crippen LogP contribution < -0.4 is 0 Å². The molecule has 2 unspecified atom stereocenters. The minimum absolute atomic E-state index is 0.109. The lowest BCUT2D eigenvalue weighted by atomic mass is 9.97. The lowest BCUT2D eigenvalue weighted by Crippen LogP contribution is -2.63. The van der Waals surface area contributed by atoms with Crippen LogP contribution in [-0.4, -0.2) is 70.7 Å². The van der Waals surface area contributed by atoms with Gasteiger partial charge in [-0.05, 0) is 55.5 Å². The second-order valence-corrected chi connectivity index (χ2v) is 12.2. The van der Waals surface area contributed by atoms with Crippen molar-refractivity contribution in [3.05, 3.63) is 138 Å². The molecule has 5 atom stereocenters. The van der Waals surface area contributed by atoms with Crippen LogP contribution in [-0.2, 0) is 38.0 Å². The Balaban J connectivity index is 1.52. The van der Waals surface area contributed by atoms with Crippen molar-refractivity contribution >= 4 is 28.0 Å². The number of hydrogen-bond acceptors (Lipinski definition) is 11. The van der Waals surface area contributed by atoms with Gasteiger partial charge in [-0.2, -0.15) is 8.42 Å². The number of rotatable bonds is 11. The molecule has 0 aromatic heterocycles. The van der Waals surface area contributed by atoms with E-state index in [1.54, 1.807) is 66.7 Å². The van der Waals surface area contributed by atoms with Gasteiger partial charge in [0.1, 0.15) is 6.10 Å². The first kappa shape index (κ1) is 33.5. The topological polar surface area (TPSA) is 141 Å². The fourth-order valence-corrected chi connectivity index (χ4v) is 5.75. The summed E-state index contributed by atoms with van der Waals surface area (Å²) in [4.78, 5) is 40.0. The Morgan fingerprint density at radius 3 is 1.49 bits per heavy atom. The number of hydrogen-bond donors (Lipinski definition) is 0. The molecule has 4 aromatic carbocycles. The van der Waals surface area contributed by atoms with Crippen molar-refractivity contribution < 1.29 is 50.7 Å². The molecule has 11 nitrogen and oxygen atoms in total. The number of carbonyl (C=O) groups excluding carboxylic acids is 3. The highest BCUT2D eigenvalue weighted by molar-refractivity contribution is 7.86. The van der Waals surface area contributed by atoms with Gasteiger partial charge in [-0.25, -0.2) is 14.4 Å². The molecule has 1 heterocycles. The maximum absolute atomic E-state index is 13.4. The van der Waals surface area contributed by atoms with Gasteiger partial charge in [0.2, 0.25) is 0 Å². The number of ether oxygens (including phenoxy) is 5. The molecule has 1 aliphatic rings. The van der Waals surface area contributed by atoms with Crippen LogP contribution in [0.15, 0.2) is 120 Å². The van der Waals surface area contributed by atoms with Gasteiger partial charge in [-0.3, -0.25) is 4.18 Å². The predicted molar refractivity (Wildman–Crippen MR) is 167 cm³/mol. The SMILES string of the molecule is COC1OC(COS(=O)(=O)c2ccc(C)cc2)[C@@H](OC(=O)c2ccccc2)[C@H](OC(=O)c2ccccc2)[C@@H]1OC(=O)c1ccccc1. The van der Waals surface area contributed by atoms with Crippen LogP contribution in [0.2, 0.25) is 0 Å². The van der Waals surface area contributed by atoms with E-state index in [0.717, 1.165) is 5.56 Å². The molecule has 4 aromatic rings. The maximum atomic E-state index is 13.4. The summed E-state index contributed by atoms with van der Waals surface area (Å²) in [6, 6.07) is 30.0. The molecule has 0 amide bonds. The normalized spacial score (nSPS) is 20.9. The maximum Gasteiger partial charge on any atom is 0.338 e. The van der Waals surface area contributed by atoms with Crippen molar-refractivity contribution in [3.8, 4) is 0 Å². The van der Waals surface area contributed by atoms with Gasteiger partial charge in [-0.15, -0.1) is 0 Å². The van der Waals surface area contributed by atoms with Crippen molar-refractivity contribution in [1.29, 1.82) is 0 Å². The van der Waals surface area contributed by atoms with Gasteiger partial charge in [0.05, 0.1) is 28.2 Å². The van der Waals surface area contributed by atoms with Gasteiger partial charge in [-0.1, -0.05) is 72.3 Å². The quantitative estimate of drug-likeness (QED) is 0.125. The third kappa shape index (κ3) is 8.29. The molecule has 0 aliphatic carbocycles. The van der Waals surface area contributed by atoms with E-state index in [1.165, 1.54) is 55.6 Å². The molecule has 47 heavy (non-hydrogen) atoms. The van der Waals surface area contributed by atoms with Gasteiger partial charge in [0.25, 0.3) is 10.1 Å². The summed E-state index contributed by atoms with van der Waals surface area (Å²) < 4.78 is 60.8. The van der Waals surface area contributed by atoms with E-state index in [9.17, 15) is 22.8 Å². The lowest BCUT2D eigenvalue weighted by Gasteiger charge is -2.44. The Kier molecular flexibility index (Phi) is 10.8. The highest BCUT2D eigenvalue weighted by Gasteiger charge is 2.53. The molecule has 0 bridgehead atoms. The molecule has 0 spiro atoms. The molecule has 0 radical (unpaired) electrons. The van der Waals surface area contributed by atoms with Crippen LogP contribution in [0.1, 0.15) is 36.6 Å². The highest BCUT2D eigenvalue weighted by Crippen LogP contribution is 2.32. The summed E-state index contributed by atoms with van der Waals surface area (Å²) >= 11 is 0. The first-order valence-electron chi connectivity index (χ1n) is 14.6. The average Bonchev–Trinajstić information content (AvgIpc) is 3.10. The molecule has 0 saturated carbocycles. The van der Waals surface area contributed by atoms with E-state index in [1.807, 2.05) is 6.92 Å². The van der Waals surface area contributed by atoms with Gasteiger partial charge in [0, 0.05) is 7.11 Å². The summed E-state index contributed by atoms with van der Waals surface area (Å²) in [5.74, 6) is -2.47. The Bertz CT molecular complexity index is 1760. The molecule has 244 valence electrons. The first-order chi connectivity index (χ1) is 22.7. The standard InChI is InChI=1S/C35H32O11S/c1-23-18-20-27(21-19-23)47(39,40)42-22-28-29(44-32(36)24-12-6-3-7-13-24)30(45-33(37)25-14-8-4-9-15-25)31(35(41-2)43-28)46-34(38)26-16-10-5-11-17-26/h3-21,28-31,35H,22H2,1-2H3/t28?,29-,30+,31+,35?/m1/s1. The number of aryl methyl sites for hydroxylation is 1. The largest absolute Gasteiger partial charge is 0.452 e. The smallest absolute Gasteiger partial charge is 0.338 e. The van der Waals surface area contributed by atoms with Gasteiger partial charge >= 0.3 is 17.9 Å². The second-order valence-electron chi connectivity index (χ2n) is 10.5. The zero-order chi connectivity index (χ0) is 33.4. The average molecular weight is 661 g/mol. The molecule has 12 heteroatoms. The van der Waals surface area contributed by atoms with E-state index in [4.69, 9.17) is 27.9 Å². The van der Waals surface area contributed by atoms with E-state index < -0.39 is 65.3 Å². The number of esters is 3. The van der Waals surface area contributed by atoms with Crippen molar-refractivity contribution in [2.75, 3.05) is 13.7 Å². The minimum Gasteiger partial charge on any atom is -0.452 e. The molecule has 0 N–H and O–H groups in total. The van der Waals surface area contributed by atoms with Crippen molar-refractivity contribution in [1.82, 2.24) is 0 Å². The van der Waals surface area contributed by atoms with Gasteiger partial charge in [0.15, 0.2) is 24.6 Å². The minimum atomic E-state index is -4.31. The predicted octanol–water partition coefficient (Wildman–Crippen LogP) is 4.75.